The molecule has 2 heteroatoms. The maximum Gasteiger partial charge on any atom is 0.0486 e. The molecule has 0 saturated carbocycles. The first-order valence-corrected chi connectivity index (χ1v) is 9.67. The molecule has 1 N–H and O–H groups in total. The number of benzene rings is 3. The Labute approximate surface area is 161 Å². The van der Waals surface area contributed by atoms with Crippen LogP contribution in [-0.4, -0.2) is 11.1 Å². The summed E-state index contributed by atoms with van der Waals surface area (Å²) in [5.74, 6) is 0. The monoisotopic (exact) mass is 354 g/mol. The van der Waals surface area contributed by atoms with Crippen LogP contribution in [0.3, 0.4) is 0 Å². The maximum atomic E-state index is 3.62. The van der Waals surface area contributed by atoms with Crippen molar-refractivity contribution in [3.63, 3.8) is 0 Å². The van der Waals surface area contributed by atoms with Crippen molar-refractivity contribution in [3.05, 3.63) is 107 Å². The minimum atomic E-state index is 0.897. The topological polar surface area (TPSA) is 17.0 Å². The molecule has 0 saturated heterocycles. The SMILES string of the molecule is Cc1ccccc1Cn1cc(CNCCc2ccccc2)c2ccccc21. The van der Waals surface area contributed by atoms with Gasteiger partial charge in [-0.3, -0.25) is 0 Å². The Morgan fingerprint density at radius 3 is 2.37 bits per heavy atom. The molecule has 0 unspecified atom stereocenters. The molecular formula is C25H26N2. The van der Waals surface area contributed by atoms with Crippen molar-refractivity contribution in [2.75, 3.05) is 6.54 Å². The molecule has 4 aromatic rings. The van der Waals surface area contributed by atoms with E-state index < -0.39 is 0 Å². The molecule has 0 aliphatic rings. The molecule has 0 aliphatic carbocycles. The van der Waals surface area contributed by atoms with Crippen molar-refractivity contribution in [3.8, 4) is 0 Å². The van der Waals surface area contributed by atoms with Gasteiger partial charge in [0, 0.05) is 30.2 Å². The summed E-state index contributed by atoms with van der Waals surface area (Å²) < 4.78 is 2.38. The molecule has 3 aromatic carbocycles. The quantitative estimate of drug-likeness (QED) is 0.444. The number of rotatable bonds is 7. The molecule has 0 bridgehead atoms. The van der Waals surface area contributed by atoms with Crippen LogP contribution >= 0.6 is 0 Å². The fourth-order valence-corrected chi connectivity index (χ4v) is 3.67. The van der Waals surface area contributed by atoms with Gasteiger partial charge in [0.1, 0.15) is 0 Å². The summed E-state index contributed by atoms with van der Waals surface area (Å²) in [5.41, 5.74) is 6.78. The summed E-state index contributed by atoms with van der Waals surface area (Å²) in [6, 6.07) is 28.0. The Balaban J connectivity index is 1.49. The van der Waals surface area contributed by atoms with Crippen molar-refractivity contribution in [2.24, 2.45) is 0 Å². The van der Waals surface area contributed by atoms with E-state index in [4.69, 9.17) is 0 Å². The molecule has 27 heavy (non-hydrogen) atoms. The normalized spacial score (nSPS) is 11.1. The van der Waals surface area contributed by atoms with E-state index in [0.717, 1.165) is 26.1 Å². The number of nitrogens with zero attached hydrogens (tertiary/aromatic N) is 1. The minimum absolute atomic E-state index is 0.897. The lowest BCUT2D eigenvalue weighted by Gasteiger charge is -2.08. The lowest BCUT2D eigenvalue weighted by molar-refractivity contribution is 0.686. The Kier molecular flexibility index (Phi) is 5.36. The second-order valence-electron chi connectivity index (χ2n) is 7.14. The number of aryl methyl sites for hydroxylation is 1. The fraction of sp³-hybridized carbons (Fsp3) is 0.200. The Morgan fingerprint density at radius 2 is 1.52 bits per heavy atom. The van der Waals surface area contributed by atoms with E-state index in [2.05, 4.69) is 102 Å². The van der Waals surface area contributed by atoms with Gasteiger partial charge in [0.05, 0.1) is 0 Å². The van der Waals surface area contributed by atoms with Crippen molar-refractivity contribution in [2.45, 2.75) is 26.4 Å². The molecule has 1 heterocycles. The molecule has 0 amide bonds. The van der Waals surface area contributed by atoms with Crippen LogP contribution in [0.15, 0.2) is 85.1 Å². The minimum Gasteiger partial charge on any atom is -0.343 e. The van der Waals surface area contributed by atoms with Gasteiger partial charge in [0.25, 0.3) is 0 Å². The highest BCUT2D eigenvalue weighted by atomic mass is 15.0. The molecular weight excluding hydrogens is 328 g/mol. The van der Waals surface area contributed by atoms with Crippen molar-refractivity contribution >= 4 is 10.9 Å². The van der Waals surface area contributed by atoms with Crippen LogP contribution in [-0.2, 0) is 19.5 Å². The van der Waals surface area contributed by atoms with Gasteiger partial charge < -0.3 is 9.88 Å². The molecule has 136 valence electrons. The molecule has 0 radical (unpaired) electrons. The largest absolute Gasteiger partial charge is 0.343 e. The van der Waals surface area contributed by atoms with Gasteiger partial charge in [0.2, 0.25) is 0 Å². The smallest absolute Gasteiger partial charge is 0.0486 e. The summed E-state index contributed by atoms with van der Waals surface area (Å²) in [4.78, 5) is 0. The summed E-state index contributed by atoms with van der Waals surface area (Å²) in [7, 11) is 0. The second kappa shape index (κ2) is 8.24. The van der Waals surface area contributed by atoms with E-state index in [-0.39, 0.29) is 0 Å². The Morgan fingerprint density at radius 1 is 0.778 bits per heavy atom. The van der Waals surface area contributed by atoms with Crippen molar-refractivity contribution < 1.29 is 0 Å². The van der Waals surface area contributed by atoms with E-state index in [1.807, 2.05) is 0 Å². The van der Waals surface area contributed by atoms with Gasteiger partial charge >= 0.3 is 0 Å². The maximum absolute atomic E-state index is 3.62. The number of hydrogen-bond acceptors (Lipinski definition) is 1. The number of nitrogens with one attached hydrogen (secondary N) is 1. The highest BCUT2D eigenvalue weighted by Crippen LogP contribution is 2.23. The van der Waals surface area contributed by atoms with E-state index in [9.17, 15) is 0 Å². The average molecular weight is 354 g/mol. The highest BCUT2D eigenvalue weighted by Gasteiger charge is 2.09. The van der Waals surface area contributed by atoms with E-state index in [0.29, 0.717) is 0 Å². The first kappa shape index (κ1) is 17.6. The number of hydrogen-bond donors (Lipinski definition) is 1. The van der Waals surface area contributed by atoms with Crippen LogP contribution < -0.4 is 5.32 Å². The zero-order valence-electron chi connectivity index (χ0n) is 15.9. The van der Waals surface area contributed by atoms with Gasteiger partial charge in [-0.2, -0.15) is 0 Å². The van der Waals surface area contributed by atoms with Crippen LogP contribution in [0, 0.1) is 6.92 Å². The predicted molar refractivity (Wildman–Crippen MR) is 114 cm³/mol. The Hall–Kier alpha value is -2.84. The second-order valence-corrected chi connectivity index (χ2v) is 7.14. The molecule has 0 fully saturated rings. The standard InChI is InChI=1S/C25H26N2/c1-20-9-5-6-12-22(20)18-27-19-23(24-13-7-8-14-25(24)27)17-26-16-15-21-10-3-2-4-11-21/h2-14,19,26H,15-18H2,1H3. The molecule has 1 aromatic heterocycles. The third kappa shape index (κ3) is 4.12. The molecule has 4 rings (SSSR count). The van der Waals surface area contributed by atoms with Crippen LogP contribution in [0.1, 0.15) is 22.3 Å². The molecule has 0 spiro atoms. The summed E-state index contributed by atoms with van der Waals surface area (Å²) in [6.07, 6.45) is 3.37. The number of para-hydroxylation sites is 1. The first-order valence-electron chi connectivity index (χ1n) is 9.67. The van der Waals surface area contributed by atoms with Gasteiger partial charge in [-0.25, -0.2) is 0 Å². The molecule has 2 nitrogen and oxygen atoms in total. The average Bonchev–Trinajstić information content (AvgIpc) is 3.06. The first-order chi connectivity index (χ1) is 13.3. The molecule has 0 atom stereocenters. The zero-order chi connectivity index (χ0) is 18.5. The van der Waals surface area contributed by atoms with E-state index in [1.54, 1.807) is 0 Å². The molecule has 0 aliphatic heterocycles. The number of aromatic nitrogens is 1. The summed E-state index contributed by atoms with van der Waals surface area (Å²) in [6.45, 7) is 4.99. The third-order valence-corrected chi connectivity index (χ3v) is 5.22. The third-order valence-electron chi connectivity index (χ3n) is 5.22. The zero-order valence-corrected chi connectivity index (χ0v) is 15.9. The van der Waals surface area contributed by atoms with Gasteiger partial charge in [-0.15, -0.1) is 0 Å². The lowest BCUT2D eigenvalue weighted by atomic mass is 10.1. The van der Waals surface area contributed by atoms with Gasteiger partial charge in [0.15, 0.2) is 0 Å². The van der Waals surface area contributed by atoms with Crippen molar-refractivity contribution in [1.29, 1.82) is 0 Å². The highest BCUT2D eigenvalue weighted by molar-refractivity contribution is 5.84. The van der Waals surface area contributed by atoms with Gasteiger partial charge in [-0.1, -0.05) is 72.8 Å². The summed E-state index contributed by atoms with van der Waals surface area (Å²) in [5, 5.41) is 4.96. The van der Waals surface area contributed by atoms with Crippen molar-refractivity contribution in [1.82, 2.24) is 9.88 Å². The van der Waals surface area contributed by atoms with Crippen LogP contribution in [0.5, 0.6) is 0 Å². The fourth-order valence-electron chi connectivity index (χ4n) is 3.67. The van der Waals surface area contributed by atoms with Crippen LogP contribution in [0.25, 0.3) is 10.9 Å². The van der Waals surface area contributed by atoms with E-state index in [1.165, 1.54) is 33.2 Å². The number of fused-ring (bicyclic) bond motifs is 1. The van der Waals surface area contributed by atoms with E-state index >= 15 is 0 Å². The van der Waals surface area contributed by atoms with Gasteiger partial charge in [-0.05, 0) is 48.2 Å². The van der Waals surface area contributed by atoms with Crippen LogP contribution in [0.2, 0.25) is 0 Å². The Bertz CT molecular complexity index is 1010. The summed E-state index contributed by atoms with van der Waals surface area (Å²) >= 11 is 0. The lowest BCUT2D eigenvalue weighted by Crippen LogP contribution is -2.16. The predicted octanol–water partition coefficient (Wildman–Crippen LogP) is 5.33. The van der Waals surface area contributed by atoms with Crippen LogP contribution in [0.4, 0.5) is 0 Å².